The zero-order valence-electron chi connectivity index (χ0n) is 10.9. The molecule has 3 N–H and O–H groups in total. The summed E-state index contributed by atoms with van der Waals surface area (Å²) in [7, 11) is 0. The maximum atomic E-state index is 11.9. The fourth-order valence-electron chi connectivity index (χ4n) is 1.67. The van der Waals surface area contributed by atoms with Crippen LogP contribution in [0.25, 0.3) is 0 Å². The second kappa shape index (κ2) is 6.85. The highest BCUT2D eigenvalue weighted by atomic mass is 79.9. The van der Waals surface area contributed by atoms with Crippen molar-refractivity contribution in [1.29, 1.82) is 0 Å². The zero-order valence-corrected chi connectivity index (χ0v) is 13.3. The fourth-order valence-corrected chi connectivity index (χ4v) is 3.14. The topological polar surface area (TPSA) is 68.3 Å². The van der Waals surface area contributed by atoms with Crippen molar-refractivity contribution < 1.29 is 9.21 Å². The third-order valence-electron chi connectivity index (χ3n) is 2.66. The van der Waals surface area contributed by atoms with E-state index in [2.05, 4.69) is 21.2 Å². The molecule has 1 unspecified atom stereocenters. The van der Waals surface area contributed by atoms with Crippen molar-refractivity contribution in [3.8, 4) is 0 Å². The lowest BCUT2D eigenvalue weighted by Crippen LogP contribution is -2.27. The molecular formula is C14H15BrN2O2S. The van der Waals surface area contributed by atoms with E-state index >= 15 is 0 Å². The van der Waals surface area contributed by atoms with Crippen LogP contribution in [0.4, 0.5) is 5.69 Å². The normalized spacial score (nSPS) is 12.1. The van der Waals surface area contributed by atoms with Gasteiger partial charge in [-0.25, -0.2) is 0 Å². The first-order chi connectivity index (χ1) is 9.56. The molecule has 0 saturated heterocycles. The van der Waals surface area contributed by atoms with Crippen LogP contribution >= 0.6 is 27.7 Å². The monoisotopic (exact) mass is 354 g/mol. The molecule has 2 aromatic rings. The number of rotatable bonds is 5. The molecule has 0 aliphatic heterocycles. The smallest absolute Gasteiger partial charge is 0.230 e. The minimum Gasteiger partial charge on any atom is -0.467 e. The largest absolute Gasteiger partial charge is 0.467 e. The van der Waals surface area contributed by atoms with Gasteiger partial charge in [0.05, 0.1) is 18.1 Å². The van der Waals surface area contributed by atoms with Gasteiger partial charge in [-0.1, -0.05) is 0 Å². The number of hydrogen-bond acceptors (Lipinski definition) is 4. The van der Waals surface area contributed by atoms with E-state index in [9.17, 15) is 4.79 Å². The molecule has 20 heavy (non-hydrogen) atoms. The number of nitrogens with one attached hydrogen (secondary N) is 1. The second-order valence-electron chi connectivity index (χ2n) is 4.28. The Bertz CT molecular complexity index is 587. The molecule has 0 spiro atoms. The minimum absolute atomic E-state index is 0.0392. The third-order valence-corrected chi connectivity index (χ3v) is 4.65. The highest BCUT2D eigenvalue weighted by Gasteiger charge is 2.12. The third kappa shape index (κ3) is 4.05. The number of furan rings is 1. The van der Waals surface area contributed by atoms with Gasteiger partial charge in [-0.3, -0.25) is 4.79 Å². The lowest BCUT2D eigenvalue weighted by atomic mass is 10.2. The van der Waals surface area contributed by atoms with Crippen molar-refractivity contribution in [1.82, 2.24) is 5.32 Å². The van der Waals surface area contributed by atoms with E-state index in [-0.39, 0.29) is 11.9 Å². The first-order valence-corrected chi connectivity index (χ1v) is 7.84. The second-order valence-corrected chi connectivity index (χ2v) is 6.15. The van der Waals surface area contributed by atoms with E-state index < -0.39 is 0 Å². The van der Waals surface area contributed by atoms with Crippen LogP contribution in [0.2, 0.25) is 0 Å². The van der Waals surface area contributed by atoms with Gasteiger partial charge in [-0.15, -0.1) is 11.8 Å². The van der Waals surface area contributed by atoms with Crippen LogP contribution in [0, 0.1) is 0 Å². The van der Waals surface area contributed by atoms with Gasteiger partial charge in [-0.05, 0) is 53.2 Å². The van der Waals surface area contributed by atoms with Crippen LogP contribution in [0.5, 0.6) is 0 Å². The summed E-state index contributed by atoms with van der Waals surface area (Å²) >= 11 is 4.89. The van der Waals surface area contributed by atoms with Crippen molar-refractivity contribution in [2.45, 2.75) is 17.9 Å². The van der Waals surface area contributed by atoms with E-state index in [1.165, 1.54) is 11.8 Å². The van der Waals surface area contributed by atoms with Gasteiger partial charge in [0, 0.05) is 15.1 Å². The number of hydrogen-bond donors (Lipinski definition) is 2. The number of nitrogens with two attached hydrogens (primary N) is 1. The average molecular weight is 355 g/mol. The number of thioether (sulfide) groups is 1. The highest BCUT2D eigenvalue weighted by molar-refractivity contribution is 9.10. The maximum absolute atomic E-state index is 11.9. The van der Waals surface area contributed by atoms with Crippen molar-refractivity contribution in [2.24, 2.45) is 0 Å². The van der Waals surface area contributed by atoms with Crippen LogP contribution < -0.4 is 11.1 Å². The standard InChI is InChI=1S/C14H15BrN2O2S/c1-9(12-3-2-6-19-12)17-14(18)8-20-13-5-4-10(16)7-11(13)15/h2-7,9H,8,16H2,1H3,(H,17,18). The summed E-state index contributed by atoms with van der Waals surface area (Å²) in [5.41, 5.74) is 6.37. The molecule has 1 heterocycles. The Morgan fingerprint density at radius 2 is 2.30 bits per heavy atom. The summed E-state index contributed by atoms with van der Waals surface area (Å²) in [6.45, 7) is 1.89. The summed E-state index contributed by atoms with van der Waals surface area (Å²) in [6.07, 6.45) is 1.60. The van der Waals surface area contributed by atoms with E-state index in [4.69, 9.17) is 10.2 Å². The molecule has 106 valence electrons. The maximum Gasteiger partial charge on any atom is 0.230 e. The first-order valence-electron chi connectivity index (χ1n) is 6.07. The quantitative estimate of drug-likeness (QED) is 0.635. The number of benzene rings is 1. The molecule has 1 amide bonds. The minimum atomic E-state index is -0.132. The van der Waals surface area contributed by atoms with E-state index in [1.54, 1.807) is 12.3 Å². The van der Waals surface area contributed by atoms with Gasteiger partial charge in [0.1, 0.15) is 5.76 Å². The Morgan fingerprint density at radius 1 is 1.50 bits per heavy atom. The van der Waals surface area contributed by atoms with Crippen LogP contribution in [-0.2, 0) is 4.79 Å². The van der Waals surface area contributed by atoms with E-state index in [0.717, 1.165) is 15.1 Å². The Kier molecular flexibility index (Phi) is 5.14. The highest BCUT2D eigenvalue weighted by Crippen LogP contribution is 2.29. The molecule has 1 aromatic heterocycles. The lowest BCUT2D eigenvalue weighted by molar-refractivity contribution is -0.119. The van der Waals surface area contributed by atoms with Crippen LogP contribution in [0.1, 0.15) is 18.7 Å². The molecule has 0 saturated carbocycles. The number of carbonyl (C=O) groups is 1. The molecule has 0 aliphatic carbocycles. The first kappa shape index (κ1) is 15.0. The van der Waals surface area contributed by atoms with E-state index in [1.807, 2.05) is 31.2 Å². The molecule has 2 rings (SSSR count). The molecule has 1 aromatic carbocycles. The Morgan fingerprint density at radius 3 is 2.95 bits per heavy atom. The number of nitrogen functional groups attached to an aromatic ring is 1. The number of amides is 1. The fraction of sp³-hybridized carbons (Fsp3) is 0.214. The van der Waals surface area contributed by atoms with Gasteiger partial charge >= 0.3 is 0 Å². The van der Waals surface area contributed by atoms with Crippen molar-refractivity contribution in [3.05, 3.63) is 46.8 Å². The van der Waals surface area contributed by atoms with E-state index in [0.29, 0.717) is 11.4 Å². The Labute approximate surface area is 130 Å². The van der Waals surface area contributed by atoms with Gasteiger partial charge in [0.2, 0.25) is 5.91 Å². The molecule has 6 heteroatoms. The number of carbonyl (C=O) groups excluding carboxylic acids is 1. The average Bonchev–Trinajstić information content (AvgIpc) is 2.91. The number of anilines is 1. The Hall–Kier alpha value is -1.40. The SMILES string of the molecule is CC(NC(=O)CSc1ccc(N)cc1Br)c1ccco1. The molecule has 1 atom stereocenters. The zero-order chi connectivity index (χ0) is 14.5. The molecule has 0 radical (unpaired) electrons. The lowest BCUT2D eigenvalue weighted by Gasteiger charge is -2.11. The predicted molar refractivity (Wildman–Crippen MR) is 84.5 cm³/mol. The summed E-state index contributed by atoms with van der Waals surface area (Å²) in [5.74, 6) is 1.05. The number of halogens is 1. The van der Waals surface area contributed by atoms with Crippen LogP contribution in [-0.4, -0.2) is 11.7 Å². The Balaban J connectivity index is 1.86. The summed E-state index contributed by atoms with van der Waals surface area (Å²) in [5, 5.41) is 2.89. The van der Waals surface area contributed by atoms with Crippen molar-refractivity contribution >= 4 is 39.3 Å². The van der Waals surface area contributed by atoms with Crippen molar-refractivity contribution in [3.63, 3.8) is 0 Å². The van der Waals surface area contributed by atoms with Crippen LogP contribution in [0.3, 0.4) is 0 Å². The molecule has 0 fully saturated rings. The summed E-state index contributed by atoms with van der Waals surface area (Å²) in [4.78, 5) is 12.9. The molecule has 0 bridgehead atoms. The summed E-state index contributed by atoms with van der Waals surface area (Å²) < 4.78 is 6.15. The predicted octanol–water partition coefficient (Wildman–Crippen LogP) is 3.59. The summed E-state index contributed by atoms with van der Waals surface area (Å²) in [6, 6.07) is 9.05. The molecule has 4 nitrogen and oxygen atoms in total. The van der Waals surface area contributed by atoms with Crippen molar-refractivity contribution in [2.75, 3.05) is 11.5 Å². The van der Waals surface area contributed by atoms with Gasteiger partial charge in [0.15, 0.2) is 0 Å². The van der Waals surface area contributed by atoms with Crippen LogP contribution in [0.15, 0.2) is 50.4 Å². The van der Waals surface area contributed by atoms with Gasteiger partial charge < -0.3 is 15.5 Å². The molecular weight excluding hydrogens is 340 g/mol. The van der Waals surface area contributed by atoms with Gasteiger partial charge in [-0.2, -0.15) is 0 Å². The van der Waals surface area contributed by atoms with Gasteiger partial charge in [0.25, 0.3) is 0 Å². The molecule has 0 aliphatic rings.